The zero-order chi connectivity index (χ0) is 11.7. The first kappa shape index (κ1) is 10.4. The summed E-state index contributed by atoms with van der Waals surface area (Å²) in [6, 6.07) is 7.05. The highest BCUT2D eigenvalue weighted by atomic mass is 32.1. The number of rotatable bonds is 2. The number of thiazole rings is 2. The summed E-state index contributed by atoms with van der Waals surface area (Å²) in [6.07, 6.45) is 1.78. The van der Waals surface area contributed by atoms with Crippen LogP contribution in [0.25, 0.3) is 21.3 Å². The lowest BCUT2D eigenvalue weighted by Gasteiger charge is -1.95. The third kappa shape index (κ3) is 2.07. The number of aromatic nitrogens is 2. The maximum atomic E-state index is 9.23. The van der Waals surface area contributed by atoms with Crippen LogP contribution in [0.4, 0.5) is 0 Å². The van der Waals surface area contributed by atoms with E-state index < -0.39 is 0 Å². The lowest BCUT2D eigenvalue weighted by atomic mass is 10.2. The number of nitrogens with zero attached hydrogens (tertiary/aromatic N) is 2. The second kappa shape index (κ2) is 4.27. The van der Waals surface area contributed by atoms with Gasteiger partial charge in [0.05, 0.1) is 0 Å². The Morgan fingerprint density at radius 2 is 1.82 bits per heavy atom. The first-order chi connectivity index (χ1) is 8.33. The van der Waals surface area contributed by atoms with E-state index in [9.17, 15) is 5.11 Å². The quantitative estimate of drug-likeness (QED) is 0.765. The minimum absolute atomic E-state index is 0.269. The zero-order valence-corrected chi connectivity index (χ0v) is 10.3. The number of hydrogen-bond donors (Lipinski definition) is 1. The van der Waals surface area contributed by atoms with E-state index in [2.05, 4.69) is 9.97 Å². The van der Waals surface area contributed by atoms with Gasteiger partial charge in [-0.25, -0.2) is 9.97 Å². The summed E-state index contributed by atoms with van der Waals surface area (Å²) in [6.45, 7) is 0. The molecule has 5 heteroatoms. The fraction of sp³-hybridized carbons (Fsp3) is 0. The smallest absolute Gasteiger partial charge is 0.142 e. The Morgan fingerprint density at radius 3 is 2.53 bits per heavy atom. The van der Waals surface area contributed by atoms with E-state index in [1.807, 2.05) is 22.9 Å². The van der Waals surface area contributed by atoms with Crippen molar-refractivity contribution < 1.29 is 5.11 Å². The van der Waals surface area contributed by atoms with Crippen molar-refractivity contribution in [2.75, 3.05) is 0 Å². The normalized spacial score (nSPS) is 10.6. The van der Waals surface area contributed by atoms with Crippen LogP contribution in [0.2, 0.25) is 0 Å². The van der Waals surface area contributed by atoms with Crippen molar-refractivity contribution in [3.05, 3.63) is 41.2 Å². The highest BCUT2D eigenvalue weighted by Crippen LogP contribution is 2.30. The molecule has 0 spiro atoms. The zero-order valence-electron chi connectivity index (χ0n) is 8.70. The Hall–Kier alpha value is -1.72. The van der Waals surface area contributed by atoms with Gasteiger partial charge in [-0.3, -0.25) is 0 Å². The lowest BCUT2D eigenvalue weighted by molar-refractivity contribution is 0.475. The van der Waals surface area contributed by atoms with Gasteiger partial charge in [-0.2, -0.15) is 0 Å². The molecule has 0 atom stereocenters. The Kier molecular flexibility index (Phi) is 2.62. The van der Waals surface area contributed by atoms with E-state index in [4.69, 9.17) is 0 Å². The molecule has 0 fully saturated rings. The van der Waals surface area contributed by atoms with Gasteiger partial charge < -0.3 is 5.11 Å². The van der Waals surface area contributed by atoms with Crippen molar-refractivity contribution in [3.63, 3.8) is 0 Å². The number of hydrogen-bond acceptors (Lipinski definition) is 5. The highest BCUT2D eigenvalue weighted by Gasteiger charge is 2.08. The topological polar surface area (TPSA) is 46.0 Å². The van der Waals surface area contributed by atoms with Crippen LogP contribution in [0.15, 0.2) is 41.2 Å². The summed E-state index contributed by atoms with van der Waals surface area (Å²) < 4.78 is 0. The van der Waals surface area contributed by atoms with Crippen LogP contribution in [-0.2, 0) is 0 Å². The Balaban J connectivity index is 1.98. The van der Waals surface area contributed by atoms with E-state index in [1.54, 1.807) is 41.0 Å². The third-order valence-electron chi connectivity index (χ3n) is 2.27. The van der Waals surface area contributed by atoms with Crippen LogP contribution < -0.4 is 0 Å². The number of aromatic hydroxyl groups is 1. The average molecular weight is 260 g/mol. The predicted octanol–water partition coefficient (Wildman–Crippen LogP) is 3.64. The van der Waals surface area contributed by atoms with E-state index in [-0.39, 0.29) is 5.75 Å². The van der Waals surface area contributed by atoms with Gasteiger partial charge in [0, 0.05) is 22.5 Å². The van der Waals surface area contributed by atoms with Crippen molar-refractivity contribution in [2.45, 2.75) is 0 Å². The van der Waals surface area contributed by atoms with Crippen molar-refractivity contribution in [3.8, 4) is 27.0 Å². The summed E-state index contributed by atoms with van der Waals surface area (Å²) in [5, 5.41) is 15.1. The van der Waals surface area contributed by atoms with Crippen LogP contribution in [0.1, 0.15) is 0 Å². The molecule has 2 aromatic heterocycles. The molecule has 1 N–H and O–H groups in total. The first-order valence-corrected chi connectivity index (χ1v) is 6.73. The number of phenolic OH excluding ortho intramolecular Hbond substituents is 1. The molecule has 17 heavy (non-hydrogen) atoms. The summed E-state index contributed by atoms with van der Waals surface area (Å²) >= 11 is 3.16. The van der Waals surface area contributed by atoms with Crippen LogP contribution in [0.3, 0.4) is 0 Å². The fourth-order valence-corrected chi connectivity index (χ4v) is 2.94. The molecule has 1 aromatic carbocycles. The SMILES string of the molecule is Oc1ccc(-c2nc(-c3nccs3)cs2)cc1. The van der Waals surface area contributed by atoms with Crippen LogP contribution in [0, 0.1) is 0 Å². The van der Waals surface area contributed by atoms with Gasteiger partial charge in [-0.05, 0) is 24.3 Å². The van der Waals surface area contributed by atoms with Gasteiger partial charge >= 0.3 is 0 Å². The lowest BCUT2D eigenvalue weighted by Crippen LogP contribution is -1.77. The summed E-state index contributed by atoms with van der Waals surface area (Å²) in [4.78, 5) is 8.77. The predicted molar refractivity (Wildman–Crippen MR) is 70.3 cm³/mol. The molecule has 0 saturated heterocycles. The number of benzene rings is 1. The monoisotopic (exact) mass is 260 g/mol. The van der Waals surface area contributed by atoms with Gasteiger partial charge in [0.1, 0.15) is 21.5 Å². The molecule has 84 valence electrons. The largest absolute Gasteiger partial charge is 0.508 e. The van der Waals surface area contributed by atoms with Gasteiger partial charge in [0.25, 0.3) is 0 Å². The fourth-order valence-electron chi connectivity index (χ4n) is 1.46. The Labute approximate surface area is 106 Å². The molecule has 3 nitrogen and oxygen atoms in total. The van der Waals surface area contributed by atoms with Gasteiger partial charge in [-0.15, -0.1) is 22.7 Å². The standard InChI is InChI=1S/C12H8N2OS2/c15-9-3-1-8(2-4-9)11-14-10(7-17-11)12-13-5-6-16-12/h1-7,15H. The van der Waals surface area contributed by atoms with Crippen LogP contribution >= 0.6 is 22.7 Å². The summed E-state index contributed by atoms with van der Waals surface area (Å²) in [5.74, 6) is 0.269. The average Bonchev–Trinajstić information content (AvgIpc) is 3.00. The van der Waals surface area contributed by atoms with Crippen LogP contribution in [0.5, 0.6) is 5.75 Å². The minimum atomic E-state index is 0.269. The molecule has 0 aliphatic heterocycles. The molecule has 0 aliphatic carbocycles. The maximum absolute atomic E-state index is 9.23. The van der Waals surface area contributed by atoms with Crippen molar-refractivity contribution in [1.82, 2.24) is 9.97 Å². The molecular weight excluding hydrogens is 252 g/mol. The molecular formula is C12H8N2OS2. The molecule has 0 unspecified atom stereocenters. The molecule has 3 rings (SSSR count). The molecule has 0 radical (unpaired) electrons. The van der Waals surface area contributed by atoms with E-state index in [1.165, 1.54) is 0 Å². The third-order valence-corrected chi connectivity index (χ3v) is 3.96. The molecule has 0 aliphatic rings. The van der Waals surface area contributed by atoms with E-state index >= 15 is 0 Å². The molecule has 0 saturated carbocycles. The Bertz CT molecular complexity index is 614. The highest BCUT2D eigenvalue weighted by molar-refractivity contribution is 7.15. The first-order valence-electron chi connectivity index (χ1n) is 4.98. The minimum Gasteiger partial charge on any atom is -0.508 e. The molecule has 2 heterocycles. The molecule has 3 aromatic rings. The summed E-state index contributed by atoms with van der Waals surface area (Å²) in [7, 11) is 0. The van der Waals surface area contributed by atoms with Gasteiger partial charge in [-0.1, -0.05) is 0 Å². The maximum Gasteiger partial charge on any atom is 0.142 e. The number of phenols is 1. The van der Waals surface area contributed by atoms with Crippen molar-refractivity contribution >= 4 is 22.7 Å². The van der Waals surface area contributed by atoms with Crippen molar-refractivity contribution in [2.24, 2.45) is 0 Å². The Morgan fingerprint density at radius 1 is 1.00 bits per heavy atom. The second-order valence-electron chi connectivity index (χ2n) is 3.42. The van der Waals surface area contributed by atoms with Gasteiger partial charge in [0.15, 0.2) is 0 Å². The molecule has 0 amide bonds. The molecule has 0 bridgehead atoms. The van der Waals surface area contributed by atoms with E-state index in [0.717, 1.165) is 21.3 Å². The van der Waals surface area contributed by atoms with E-state index in [0.29, 0.717) is 0 Å². The van der Waals surface area contributed by atoms with Crippen molar-refractivity contribution in [1.29, 1.82) is 0 Å². The second-order valence-corrected chi connectivity index (χ2v) is 5.17. The van der Waals surface area contributed by atoms with Gasteiger partial charge in [0.2, 0.25) is 0 Å². The summed E-state index contributed by atoms with van der Waals surface area (Å²) in [5.41, 5.74) is 1.92. The van der Waals surface area contributed by atoms with Crippen LogP contribution in [-0.4, -0.2) is 15.1 Å².